The summed E-state index contributed by atoms with van der Waals surface area (Å²) in [7, 11) is 1.71. The van der Waals surface area contributed by atoms with Gasteiger partial charge in [0.2, 0.25) is 0 Å². The third-order valence-corrected chi connectivity index (χ3v) is 6.54. The third-order valence-electron chi connectivity index (χ3n) is 6.54. The summed E-state index contributed by atoms with van der Waals surface area (Å²) in [5.41, 5.74) is 3.05. The summed E-state index contributed by atoms with van der Waals surface area (Å²) in [6.07, 6.45) is 2.21. The molecule has 0 saturated carbocycles. The minimum atomic E-state index is -0.397. The van der Waals surface area contributed by atoms with E-state index in [1.807, 2.05) is 41.2 Å². The number of β-amino-alcohol motifs (C(OH)–C–C–N with tert-alkyl or cyclic N) is 1. The van der Waals surface area contributed by atoms with Crippen molar-refractivity contribution in [2.75, 3.05) is 44.7 Å². The molecule has 3 aromatic carbocycles. The van der Waals surface area contributed by atoms with Gasteiger partial charge in [0.05, 0.1) is 25.1 Å². The number of ether oxygens (including phenoxy) is 1. The highest BCUT2D eigenvalue weighted by atomic mass is 16.5. The summed E-state index contributed by atoms with van der Waals surface area (Å²) >= 11 is 0. The van der Waals surface area contributed by atoms with Crippen molar-refractivity contribution in [2.45, 2.75) is 19.1 Å². The topological polar surface area (TPSA) is 66.7 Å². The lowest BCUT2D eigenvalue weighted by molar-refractivity contribution is 0.0972. The summed E-state index contributed by atoms with van der Waals surface area (Å²) in [5, 5.41) is 21.7. The molecule has 1 fully saturated rings. The number of rotatable bonds is 8. The highest BCUT2D eigenvalue weighted by molar-refractivity contribution is 5.86. The van der Waals surface area contributed by atoms with Crippen LogP contribution in [0.25, 0.3) is 22.0 Å². The molecule has 7 heteroatoms. The highest BCUT2D eigenvalue weighted by Gasteiger charge is 2.21. The van der Waals surface area contributed by atoms with Gasteiger partial charge in [-0.25, -0.2) is 0 Å². The van der Waals surface area contributed by atoms with Gasteiger partial charge in [0.1, 0.15) is 11.4 Å². The monoisotopic (exact) mass is 457 g/mol. The Hall–Kier alpha value is -3.42. The average Bonchev–Trinajstić information content (AvgIpc) is 3.37. The summed E-state index contributed by atoms with van der Waals surface area (Å²) in [6.45, 7) is 5.00. The van der Waals surface area contributed by atoms with E-state index in [4.69, 9.17) is 4.74 Å². The molecule has 4 aromatic rings. The SMILES string of the molecule is COc1ccccc1N1CCN(CC(O)CCn2cc(-c3ccc4ccccc4c3)nn2)CC1. The van der Waals surface area contributed by atoms with Crippen LogP contribution in [0, 0.1) is 0 Å². The smallest absolute Gasteiger partial charge is 0.142 e. The Morgan fingerprint density at radius 1 is 0.941 bits per heavy atom. The quantitative estimate of drug-likeness (QED) is 0.435. The van der Waals surface area contributed by atoms with E-state index in [1.165, 1.54) is 10.8 Å². The van der Waals surface area contributed by atoms with E-state index in [2.05, 4.69) is 56.5 Å². The van der Waals surface area contributed by atoms with Crippen molar-refractivity contribution >= 4 is 16.5 Å². The van der Waals surface area contributed by atoms with Crippen molar-refractivity contribution in [1.29, 1.82) is 0 Å². The van der Waals surface area contributed by atoms with Crippen molar-refractivity contribution in [3.05, 3.63) is 72.9 Å². The Balaban J connectivity index is 1.11. The number of aliphatic hydroxyl groups is 1. The number of hydrogen-bond acceptors (Lipinski definition) is 6. The number of aryl methyl sites for hydroxylation is 1. The van der Waals surface area contributed by atoms with Gasteiger partial charge < -0.3 is 14.7 Å². The first-order chi connectivity index (χ1) is 16.7. The van der Waals surface area contributed by atoms with E-state index in [-0.39, 0.29) is 0 Å². The Morgan fingerprint density at radius 2 is 1.71 bits per heavy atom. The fourth-order valence-corrected chi connectivity index (χ4v) is 4.62. The van der Waals surface area contributed by atoms with Gasteiger partial charge in [-0.05, 0) is 35.4 Å². The van der Waals surface area contributed by atoms with Crippen LogP contribution in [0.3, 0.4) is 0 Å². The van der Waals surface area contributed by atoms with Crippen molar-refractivity contribution < 1.29 is 9.84 Å². The molecule has 0 aliphatic carbocycles. The number of methoxy groups -OCH3 is 1. The molecule has 1 N–H and O–H groups in total. The third kappa shape index (κ3) is 5.05. The van der Waals surface area contributed by atoms with Crippen LogP contribution in [0.15, 0.2) is 72.9 Å². The summed E-state index contributed by atoms with van der Waals surface area (Å²) in [4.78, 5) is 4.68. The van der Waals surface area contributed by atoms with E-state index < -0.39 is 6.10 Å². The molecule has 1 atom stereocenters. The first kappa shape index (κ1) is 22.4. The number of benzene rings is 3. The van der Waals surface area contributed by atoms with E-state index in [9.17, 15) is 5.11 Å². The van der Waals surface area contributed by atoms with Crippen LogP contribution in [-0.2, 0) is 6.54 Å². The zero-order valence-electron chi connectivity index (χ0n) is 19.5. The van der Waals surface area contributed by atoms with Gasteiger partial charge in [-0.2, -0.15) is 0 Å². The minimum absolute atomic E-state index is 0.397. The molecule has 1 saturated heterocycles. The Labute approximate surface area is 200 Å². The molecule has 1 aliphatic rings. The Morgan fingerprint density at radius 3 is 2.53 bits per heavy atom. The summed E-state index contributed by atoms with van der Waals surface area (Å²) in [5.74, 6) is 0.909. The molecule has 1 aliphatic heterocycles. The molecule has 5 rings (SSSR count). The molecular weight excluding hydrogens is 426 g/mol. The number of fused-ring (bicyclic) bond motifs is 1. The number of hydrogen-bond donors (Lipinski definition) is 1. The molecule has 7 nitrogen and oxygen atoms in total. The minimum Gasteiger partial charge on any atom is -0.495 e. The van der Waals surface area contributed by atoms with Gasteiger partial charge in [0.15, 0.2) is 0 Å². The molecule has 0 bridgehead atoms. The number of aliphatic hydroxyl groups excluding tert-OH is 1. The zero-order valence-corrected chi connectivity index (χ0v) is 19.5. The molecular formula is C27H31N5O2. The lowest BCUT2D eigenvalue weighted by atomic mass is 10.1. The predicted octanol–water partition coefficient (Wildman–Crippen LogP) is 3.68. The Bertz CT molecular complexity index is 1230. The standard InChI is InChI=1S/C27H31N5O2/c1-34-27-9-5-4-8-26(27)31-16-14-30(15-17-31)19-24(33)12-13-32-20-25(28-29-32)23-11-10-21-6-2-3-7-22(21)18-23/h2-11,18,20,24,33H,12-17,19H2,1H3. The number of anilines is 1. The molecule has 2 heterocycles. The maximum atomic E-state index is 10.6. The summed E-state index contributed by atoms with van der Waals surface area (Å²) in [6, 6.07) is 22.8. The number of nitrogens with zero attached hydrogens (tertiary/aromatic N) is 5. The van der Waals surface area contributed by atoms with E-state index >= 15 is 0 Å². The zero-order chi connectivity index (χ0) is 23.3. The number of piperazine rings is 1. The largest absolute Gasteiger partial charge is 0.495 e. The van der Waals surface area contributed by atoms with Gasteiger partial charge >= 0.3 is 0 Å². The molecule has 0 radical (unpaired) electrons. The first-order valence-electron chi connectivity index (χ1n) is 11.9. The van der Waals surface area contributed by atoms with Crippen LogP contribution in [-0.4, -0.2) is 70.9 Å². The average molecular weight is 458 g/mol. The predicted molar refractivity (Wildman–Crippen MR) is 135 cm³/mol. The fourth-order valence-electron chi connectivity index (χ4n) is 4.62. The van der Waals surface area contributed by atoms with Crippen LogP contribution in [0.2, 0.25) is 0 Å². The van der Waals surface area contributed by atoms with Gasteiger partial charge in [0, 0.05) is 44.8 Å². The van der Waals surface area contributed by atoms with E-state index in [0.717, 1.165) is 48.9 Å². The maximum absolute atomic E-state index is 10.6. The highest BCUT2D eigenvalue weighted by Crippen LogP contribution is 2.28. The lowest BCUT2D eigenvalue weighted by Crippen LogP contribution is -2.48. The van der Waals surface area contributed by atoms with Crippen molar-refractivity contribution in [1.82, 2.24) is 19.9 Å². The fraction of sp³-hybridized carbons (Fsp3) is 0.333. The molecule has 0 amide bonds. The van der Waals surface area contributed by atoms with E-state index in [1.54, 1.807) is 7.11 Å². The van der Waals surface area contributed by atoms with Crippen LogP contribution in [0.1, 0.15) is 6.42 Å². The van der Waals surface area contributed by atoms with Gasteiger partial charge in [-0.1, -0.05) is 53.7 Å². The second-order valence-electron chi connectivity index (χ2n) is 8.83. The van der Waals surface area contributed by atoms with Gasteiger partial charge in [0.25, 0.3) is 0 Å². The van der Waals surface area contributed by atoms with Crippen LogP contribution >= 0.6 is 0 Å². The van der Waals surface area contributed by atoms with E-state index in [0.29, 0.717) is 19.5 Å². The maximum Gasteiger partial charge on any atom is 0.142 e. The van der Waals surface area contributed by atoms with Gasteiger partial charge in [-0.15, -0.1) is 5.10 Å². The van der Waals surface area contributed by atoms with Gasteiger partial charge in [-0.3, -0.25) is 9.58 Å². The second-order valence-corrected chi connectivity index (χ2v) is 8.83. The molecule has 1 aromatic heterocycles. The normalized spacial score (nSPS) is 15.5. The van der Waals surface area contributed by atoms with Crippen LogP contribution in [0.4, 0.5) is 5.69 Å². The molecule has 0 spiro atoms. The van der Waals surface area contributed by atoms with Crippen molar-refractivity contribution in [3.8, 4) is 17.0 Å². The summed E-state index contributed by atoms with van der Waals surface area (Å²) < 4.78 is 7.33. The van der Waals surface area contributed by atoms with Crippen molar-refractivity contribution in [3.63, 3.8) is 0 Å². The molecule has 176 valence electrons. The lowest BCUT2D eigenvalue weighted by Gasteiger charge is -2.37. The number of para-hydroxylation sites is 2. The second kappa shape index (κ2) is 10.2. The Kier molecular flexibility index (Phi) is 6.74. The van der Waals surface area contributed by atoms with Crippen LogP contribution < -0.4 is 9.64 Å². The number of aromatic nitrogens is 3. The van der Waals surface area contributed by atoms with Crippen LogP contribution in [0.5, 0.6) is 5.75 Å². The molecule has 34 heavy (non-hydrogen) atoms. The molecule has 1 unspecified atom stereocenters. The first-order valence-corrected chi connectivity index (χ1v) is 11.9. The van der Waals surface area contributed by atoms with Crippen molar-refractivity contribution in [2.24, 2.45) is 0 Å².